The minimum absolute atomic E-state index is 0.235. The van der Waals surface area contributed by atoms with Crippen LogP contribution >= 0.6 is 0 Å². The van der Waals surface area contributed by atoms with Gasteiger partial charge >= 0.3 is 0 Å². The normalized spacial score (nSPS) is 31.8. The quantitative estimate of drug-likeness (QED) is 0.856. The van der Waals surface area contributed by atoms with Gasteiger partial charge in [-0.2, -0.15) is 0 Å². The fraction of sp³-hybridized carbons (Fsp3) is 0.600. The van der Waals surface area contributed by atoms with Crippen LogP contribution in [-0.2, 0) is 10.2 Å². The third-order valence-electron chi connectivity index (χ3n) is 4.85. The first-order valence-corrected chi connectivity index (χ1v) is 7.26. The van der Waals surface area contributed by atoms with Gasteiger partial charge < -0.3 is 10.6 Å². The molecule has 3 rings (SSSR count). The summed E-state index contributed by atoms with van der Waals surface area (Å²) in [6, 6.07) is 6.19. The third-order valence-corrected chi connectivity index (χ3v) is 4.85. The van der Waals surface area contributed by atoms with Crippen molar-refractivity contribution in [2.75, 3.05) is 33.2 Å². The average molecular weight is 274 g/mol. The van der Waals surface area contributed by atoms with Crippen molar-refractivity contribution in [1.82, 2.24) is 14.8 Å². The fourth-order valence-electron chi connectivity index (χ4n) is 3.37. The highest BCUT2D eigenvalue weighted by Gasteiger charge is 2.53. The van der Waals surface area contributed by atoms with Crippen LogP contribution in [0.1, 0.15) is 18.5 Å². The molecular formula is C15H22N4O. The molecule has 0 spiro atoms. The largest absolute Gasteiger partial charge is 0.369 e. The molecule has 5 nitrogen and oxygen atoms in total. The van der Waals surface area contributed by atoms with E-state index in [2.05, 4.69) is 21.8 Å². The molecule has 5 heteroatoms. The van der Waals surface area contributed by atoms with Gasteiger partial charge in [0, 0.05) is 38.4 Å². The Morgan fingerprint density at radius 2 is 2.00 bits per heavy atom. The summed E-state index contributed by atoms with van der Waals surface area (Å²) >= 11 is 0. The van der Waals surface area contributed by atoms with Crippen molar-refractivity contribution in [3.05, 3.63) is 30.1 Å². The Bertz CT molecular complexity index is 476. The lowest BCUT2D eigenvalue weighted by Crippen LogP contribution is -2.62. The van der Waals surface area contributed by atoms with Gasteiger partial charge in [0.2, 0.25) is 5.91 Å². The number of hydrogen-bond acceptors (Lipinski definition) is 4. The van der Waals surface area contributed by atoms with Gasteiger partial charge in [-0.25, -0.2) is 0 Å². The summed E-state index contributed by atoms with van der Waals surface area (Å²) < 4.78 is 0. The van der Waals surface area contributed by atoms with Crippen LogP contribution in [0.25, 0.3) is 0 Å². The molecule has 2 aliphatic rings. The van der Waals surface area contributed by atoms with Crippen molar-refractivity contribution in [2.24, 2.45) is 5.73 Å². The van der Waals surface area contributed by atoms with Gasteiger partial charge in [-0.05, 0) is 32.0 Å². The maximum Gasteiger partial charge on any atom is 0.229 e. The number of hydrogen-bond donors (Lipinski definition) is 1. The van der Waals surface area contributed by atoms with E-state index >= 15 is 0 Å². The smallest absolute Gasteiger partial charge is 0.229 e. The van der Waals surface area contributed by atoms with Gasteiger partial charge in [0.15, 0.2) is 0 Å². The van der Waals surface area contributed by atoms with Crippen molar-refractivity contribution < 1.29 is 4.79 Å². The maximum atomic E-state index is 11.9. The third kappa shape index (κ3) is 2.21. The Morgan fingerprint density at radius 1 is 1.30 bits per heavy atom. The van der Waals surface area contributed by atoms with Crippen molar-refractivity contribution in [1.29, 1.82) is 0 Å². The number of nitrogens with zero attached hydrogens (tertiary/aromatic N) is 3. The van der Waals surface area contributed by atoms with Crippen LogP contribution in [0.5, 0.6) is 0 Å². The molecule has 2 fully saturated rings. The Kier molecular flexibility index (Phi) is 3.48. The van der Waals surface area contributed by atoms with Crippen LogP contribution < -0.4 is 5.73 Å². The molecule has 0 aromatic carbocycles. The number of piperazine rings is 1. The average Bonchev–Trinajstić information content (AvgIpc) is 2.40. The van der Waals surface area contributed by atoms with Crippen molar-refractivity contribution >= 4 is 5.91 Å². The summed E-state index contributed by atoms with van der Waals surface area (Å²) in [5.74, 6) is -0.235. The molecule has 0 bridgehead atoms. The number of nitrogens with two attached hydrogens (primary N) is 1. The topological polar surface area (TPSA) is 62.5 Å². The van der Waals surface area contributed by atoms with Gasteiger partial charge in [0.1, 0.15) is 0 Å². The lowest BCUT2D eigenvalue weighted by Gasteiger charge is -2.51. The Hall–Kier alpha value is -1.46. The van der Waals surface area contributed by atoms with E-state index in [1.807, 2.05) is 18.2 Å². The van der Waals surface area contributed by atoms with Gasteiger partial charge in [-0.1, -0.05) is 6.07 Å². The van der Waals surface area contributed by atoms with Gasteiger partial charge in [-0.15, -0.1) is 0 Å². The zero-order chi connectivity index (χ0) is 14.2. The van der Waals surface area contributed by atoms with Crippen LogP contribution in [0, 0.1) is 0 Å². The molecule has 1 saturated heterocycles. The first-order chi connectivity index (χ1) is 9.62. The lowest BCUT2D eigenvalue weighted by atomic mass is 9.62. The van der Waals surface area contributed by atoms with Crippen LogP contribution in [0.4, 0.5) is 0 Å². The standard InChI is InChI=1S/C15H22N4O/c1-18-6-8-19(9-7-18)12-10-15(11-12,14(16)20)13-4-2-3-5-17-13/h2-5,12H,6-11H2,1H3,(H2,16,20). The van der Waals surface area contributed by atoms with E-state index in [4.69, 9.17) is 5.73 Å². The summed E-state index contributed by atoms with van der Waals surface area (Å²) in [6.07, 6.45) is 3.36. The Labute approximate surface area is 119 Å². The van der Waals surface area contributed by atoms with Gasteiger partial charge in [0.05, 0.1) is 11.1 Å². The van der Waals surface area contributed by atoms with E-state index in [0.29, 0.717) is 6.04 Å². The zero-order valence-corrected chi connectivity index (χ0v) is 12.0. The minimum atomic E-state index is -0.546. The molecule has 1 aliphatic carbocycles. The predicted molar refractivity (Wildman–Crippen MR) is 77.2 cm³/mol. The van der Waals surface area contributed by atoms with E-state index in [9.17, 15) is 4.79 Å². The summed E-state index contributed by atoms with van der Waals surface area (Å²) in [6.45, 7) is 4.36. The van der Waals surface area contributed by atoms with E-state index in [1.165, 1.54) is 0 Å². The molecule has 0 atom stereocenters. The van der Waals surface area contributed by atoms with Gasteiger partial charge in [0.25, 0.3) is 0 Å². The molecule has 1 amide bonds. The summed E-state index contributed by atoms with van der Waals surface area (Å²) in [5.41, 5.74) is 5.96. The molecule has 0 radical (unpaired) electrons. The molecule has 20 heavy (non-hydrogen) atoms. The second-order valence-corrected chi connectivity index (χ2v) is 6.06. The molecule has 1 aliphatic heterocycles. The SMILES string of the molecule is CN1CCN(C2CC(C(N)=O)(c3ccccn3)C2)CC1. The lowest BCUT2D eigenvalue weighted by molar-refractivity contribution is -0.130. The summed E-state index contributed by atoms with van der Waals surface area (Å²) in [5, 5.41) is 0. The summed E-state index contributed by atoms with van der Waals surface area (Å²) in [4.78, 5) is 21.1. The number of aromatic nitrogens is 1. The van der Waals surface area contributed by atoms with Crippen LogP contribution in [0.15, 0.2) is 24.4 Å². The predicted octanol–water partition coefficient (Wildman–Crippen LogP) is 0.215. The number of primary amides is 1. The second-order valence-electron chi connectivity index (χ2n) is 6.06. The first-order valence-electron chi connectivity index (χ1n) is 7.26. The molecular weight excluding hydrogens is 252 g/mol. The molecule has 0 unspecified atom stereocenters. The number of rotatable bonds is 3. The molecule has 1 aromatic heterocycles. The number of likely N-dealkylation sites (N-methyl/N-ethyl adjacent to an activating group) is 1. The second kappa shape index (κ2) is 5.14. The van der Waals surface area contributed by atoms with Crippen LogP contribution in [-0.4, -0.2) is 60.0 Å². The first kappa shape index (κ1) is 13.5. The van der Waals surface area contributed by atoms with E-state index in [-0.39, 0.29) is 5.91 Å². The van der Waals surface area contributed by atoms with Crippen LogP contribution in [0.2, 0.25) is 0 Å². The number of pyridine rings is 1. The van der Waals surface area contributed by atoms with Crippen molar-refractivity contribution in [3.63, 3.8) is 0 Å². The highest BCUT2D eigenvalue weighted by molar-refractivity contribution is 5.87. The molecule has 1 saturated carbocycles. The maximum absolute atomic E-state index is 11.9. The zero-order valence-electron chi connectivity index (χ0n) is 12.0. The highest BCUT2D eigenvalue weighted by Crippen LogP contribution is 2.45. The van der Waals surface area contributed by atoms with Gasteiger partial charge in [-0.3, -0.25) is 14.7 Å². The fourth-order valence-corrected chi connectivity index (χ4v) is 3.37. The number of amides is 1. The van der Waals surface area contributed by atoms with Crippen molar-refractivity contribution in [2.45, 2.75) is 24.3 Å². The molecule has 2 heterocycles. The number of carbonyl (C=O) groups excluding carboxylic acids is 1. The monoisotopic (exact) mass is 274 g/mol. The molecule has 2 N–H and O–H groups in total. The minimum Gasteiger partial charge on any atom is -0.369 e. The van der Waals surface area contributed by atoms with E-state index in [1.54, 1.807) is 6.20 Å². The van der Waals surface area contributed by atoms with Crippen molar-refractivity contribution in [3.8, 4) is 0 Å². The Morgan fingerprint density at radius 3 is 2.55 bits per heavy atom. The van der Waals surface area contributed by atoms with E-state index in [0.717, 1.165) is 44.7 Å². The summed E-state index contributed by atoms with van der Waals surface area (Å²) in [7, 11) is 2.15. The highest BCUT2D eigenvalue weighted by atomic mass is 16.1. The van der Waals surface area contributed by atoms with E-state index < -0.39 is 5.41 Å². The number of carbonyl (C=O) groups is 1. The molecule has 1 aromatic rings. The Balaban J connectivity index is 1.70. The van der Waals surface area contributed by atoms with Crippen LogP contribution in [0.3, 0.4) is 0 Å². The molecule has 108 valence electrons.